The van der Waals surface area contributed by atoms with Crippen LogP contribution in [0.2, 0.25) is 0 Å². The summed E-state index contributed by atoms with van der Waals surface area (Å²) in [6, 6.07) is 22.7. The van der Waals surface area contributed by atoms with Crippen molar-refractivity contribution in [3.8, 4) is 11.5 Å². The van der Waals surface area contributed by atoms with Gasteiger partial charge in [0.1, 0.15) is 18.2 Å². The normalized spacial score (nSPS) is 15.1. The highest BCUT2D eigenvalue weighted by Gasteiger charge is 2.23. The van der Waals surface area contributed by atoms with E-state index in [0.29, 0.717) is 24.9 Å². The van der Waals surface area contributed by atoms with Crippen molar-refractivity contribution in [2.45, 2.75) is 38.1 Å². The molecule has 1 aliphatic carbocycles. The van der Waals surface area contributed by atoms with Gasteiger partial charge in [-0.05, 0) is 84.2 Å². The number of phenolic OH excluding ortho intramolecular Hbond substituents is 1. The quantitative estimate of drug-likeness (QED) is 0.225. The third-order valence-electron chi connectivity index (χ3n) is 7.10. The van der Waals surface area contributed by atoms with Crippen molar-refractivity contribution in [2.24, 2.45) is 0 Å². The first-order chi connectivity index (χ1) is 18.2. The van der Waals surface area contributed by atoms with Crippen molar-refractivity contribution < 1.29 is 19.7 Å². The summed E-state index contributed by atoms with van der Waals surface area (Å²) in [4.78, 5) is 2.14. The number of aromatic hydroxyl groups is 1. The number of rotatable bonds is 14. The molecule has 0 saturated heterocycles. The van der Waals surface area contributed by atoms with Crippen LogP contribution >= 0.6 is 0 Å². The molecule has 3 aromatic carbocycles. The molecule has 0 fully saturated rings. The first-order valence-corrected chi connectivity index (χ1v) is 13.3. The van der Waals surface area contributed by atoms with Crippen LogP contribution in [0.15, 0.2) is 66.7 Å². The molecule has 198 valence electrons. The molecule has 4 rings (SSSR count). The van der Waals surface area contributed by atoms with Crippen molar-refractivity contribution >= 4 is 0 Å². The van der Waals surface area contributed by atoms with Gasteiger partial charge in [-0.1, -0.05) is 48.5 Å². The molecule has 6 nitrogen and oxygen atoms in total. The van der Waals surface area contributed by atoms with Gasteiger partial charge in [0.15, 0.2) is 0 Å². The summed E-state index contributed by atoms with van der Waals surface area (Å²) in [5, 5.41) is 22.8. The first kappa shape index (κ1) is 27.1. The Morgan fingerprint density at radius 2 is 1.78 bits per heavy atom. The van der Waals surface area contributed by atoms with E-state index >= 15 is 0 Å². The number of phenols is 1. The van der Waals surface area contributed by atoms with E-state index in [0.717, 1.165) is 57.7 Å². The van der Waals surface area contributed by atoms with E-state index in [4.69, 9.17) is 9.47 Å². The minimum absolute atomic E-state index is 0.0858. The minimum atomic E-state index is 0.0858. The maximum atomic E-state index is 9.81. The Kier molecular flexibility index (Phi) is 10.4. The molecule has 1 unspecified atom stereocenters. The number of hydrogen-bond acceptors (Lipinski definition) is 6. The van der Waals surface area contributed by atoms with Crippen LogP contribution in [0.3, 0.4) is 0 Å². The fourth-order valence-corrected chi connectivity index (χ4v) is 5.05. The second kappa shape index (κ2) is 14.1. The van der Waals surface area contributed by atoms with E-state index in [2.05, 4.69) is 46.6 Å². The fourth-order valence-electron chi connectivity index (χ4n) is 5.05. The van der Waals surface area contributed by atoms with Gasteiger partial charge in [0.2, 0.25) is 0 Å². The third kappa shape index (κ3) is 8.04. The Morgan fingerprint density at radius 1 is 0.973 bits per heavy atom. The van der Waals surface area contributed by atoms with Gasteiger partial charge in [-0.2, -0.15) is 0 Å². The Bertz CT molecular complexity index is 1100. The van der Waals surface area contributed by atoms with Crippen LogP contribution in [0.5, 0.6) is 11.5 Å². The number of benzene rings is 3. The van der Waals surface area contributed by atoms with Crippen molar-refractivity contribution in [3.05, 3.63) is 94.5 Å². The van der Waals surface area contributed by atoms with E-state index < -0.39 is 0 Å². The van der Waals surface area contributed by atoms with Crippen molar-refractivity contribution in [3.63, 3.8) is 0 Å². The second-order valence-corrected chi connectivity index (χ2v) is 9.79. The lowest BCUT2D eigenvalue weighted by molar-refractivity contribution is 0.0959. The van der Waals surface area contributed by atoms with Crippen LogP contribution in [-0.2, 0) is 30.5 Å². The number of para-hydroxylation sites is 1. The summed E-state index contributed by atoms with van der Waals surface area (Å²) < 4.78 is 11.4. The van der Waals surface area contributed by atoms with Crippen molar-refractivity contribution in [1.82, 2.24) is 10.2 Å². The highest BCUT2D eigenvalue weighted by molar-refractivity contribution is 5.42. The molecule has 3 N–H and O–H groups in total. The maximum Gasteiger partial charge on any atom is 0.142 e. The van der Waals surface area contributed by atoms with E-state index in [9.17, 15) is 10.2 Å². The van der Waals surface area contributed by atoms with Gasteiger partial charge in [0.25, 0.3) is 0 Å². The molecular formula is C31H40N2O4. The number of fused-ring (bicyclic) bond motifs is 1. The zero-order valence-corrected chi connectivity index (χ0v) is 21.9. The topological polar surface area (TPSA) is 74.2 Å². The zero-order valence-electron chi connectivity index (χ0n) is 21.9. The Hall–Kier alpha value is -2.90. The van der Waals surface area contributed by atoms with Gasteiger partial charge in [-0.3, -0.25) is 4.90 Å². The molecule has 1 atom stereocenters. The van der Waals surface area contributed by atoms with Crippen LogP contribution in [-0.4, -0.2) is 61.8 Å². The lowest BCUT2D eigenvalue weighted by Gasteiger charge is -2.28. The summed E-state index contributed by atoms with van der Waals surface area (Å²) >= 11 is 0. The van der Waals surface area contributed by atoms with Gasteiger partial charge in [-0.15, -0.1) is 0 Å². The van der Waals surface area contributed by atoms with Crippen LogP contribution in [0.25, 0.3) is 0 Å². The molecule has 0 spiro atoms. The highest BCUT2D eigenvalue weighted by atomic mass is 16.5. The minimum Gasteiger partial charge on any atom is -0.508 e. The van der Waals surface area contributed by atoms with Gasteiger partial charge in [0, 0.05) is 26.7 Å². The lowest BCUT2D eigenvalue weighted by Crippen LogP contribution is -2.31. The van der Waals surface area contributed by atoms with E-state index in [1.165, 1.54) is 27.8 Å². The van der Waals surface area contributed by atoms with Crippen LogP contribution in [0.1, 0.15) is 40.2 Å². The number of aryl methyl sites for hydroxylation is 1. The molecule has 6 heteroatoms. The Labute approximate surface area is 220 Å². The van der Waals surface area contributed by atoms with Gasteiger partial charge in [0.05, 0.1) is 13.2 Å². The summed E-state index contributed by atoms with van der Waals surface area (Å²) in [5.41, 5.74) is 6.29. The van der Waals surface area contributed by atoms with E-state index in [1.807, 2.05) is 24.3 Å². The molecule has 0 aliphatic heterocycles. The average molecular weight is 505 g/mol. The largest absolute Gasteiger partial charge is 0.508 e. The van der Waals surface area contributed by atoms with Crippen LogP contribution in [0, 0.1) is 0 Å². The van der Waals surface area contributed by atoms with Crippen LogP contribution in [0.4, 0.5) is 0 Å². The molecule has 0 amide bonds. The summed E-state index contributed by atoms with van der Waals surface area (Å²) in [6.45, 7) is 4.30. The monoisotopic (exact) mass is 504 g/mol. The number of aliphatic hydroxyl groups is 1. The lowest BCUT2D eigenvalue weighted by atomic mass is 9.80. The number of nitrogens with one attached hydrogen (secondary N) is 1. The molecular weight excluding hydrogens is 464 g/mol. The molecule has 0 bridgehead atoms. The number of methoxy groups -OCH3 is 1. The van der Waals surface area contributed by atoms with Gasteiger partial charge >= 0.3 is 0 Å². The average Bonchev–Trinajstić information content (AvgIpc) is 2.92. The number of ether oxygens (including phenoxy) is 2. The first-order valence-electron chi connectivity index (χ1n) is 13.3. The van der Waals surface area contributed by atoms with E-state index in [1.54, 1.807) is 13.2 Å². The molecule has 37 heavy (non-hydrogen) atoms. The second-order valence-electron chi connectivity index (χ2n) is 9.79. The van der Waals surface area contributed by atoms with Crippen LogP contribution < -0.4 is 10.1 Å². The van der Waals surface area contributed by atoms with E-state index in [-0.39, 0.29) is 6.61 Å². The Morgan fingerprint density at radius 3 is 2.59 bits per heavy atom. The third-order valence-corrected chi connectivity index (χ3v) is 7.10. The fraction of sp³-hybridized carbons (Fsp3) is 0.419. The zero-order chi connectivity index (χ0) is 25.9. The molecule has 0 aromatic heterocycles. The molecule has 0 heterocycles. The van der Waals surface area contributed by atoms with Gasteiger partial charge < -0.3 is 25.0 Å². The Balaban J connectivity index is 1.33. The number of aliphatic hydroxyl groups excluding tert-OH is 1. The van der Waals surface area contributed by atoms with Gasteiger partial charge in [-0.25, -0.2) is 0 Å². The number of hydrogen-bond donors (Lipinski definition) is 3. The predicted octanol–water partition coefficient (Wildman–Crippen LogP) is 4.27. The molecule has 0 radical (unpaired) electrons. The molecule has 0 saturated carbocycles. The smallest absolute Gasteiger partial charge is 0.142 e. The maximum absolute atomic E-state index is 9.81. The van der Waals surface area contributed by atoms with Crippen molar-refractivity contribution in [2.75, 3.05) is 46.7 Å². The summed E-state index contributed by atoms with van der Waals surface area (Å²) in [6.07, 6.45) is 3.92. The predicted molar refractivity (Wildman–Crippen MR) is 147 cm³/mol. The molecule has 1 aliphatic rings. The number of nitrogens with zero attached hydrogens (tertiary/aromatic N) is 1. The summed E-state index contributed by atoms with van der Waals surface area (Å²) in [5.74, 6) is 1.64. The van der Waals surface area contributed by atoms with Crippen molar-refractivity contribution in [1.29, 1.82) is 0 Å². The molecule has 3 aromatic rings. The SMILES string of the molecule is COCCNCCc1ccc(CN(CCO)COc2ccccc2C2CCc3cc(O)ccc3C2)cc1. The standard InChI is InChI=1S/C31H40N2O4/c1-36-19-16-32-15-14-24-6-8-25(9-7-24)22-33(17-18-34)23-37-31-5-3-2-4-30(31)28-11-10-27-21-29(35)13-12-26(27)20-28/h2-9,12-13,21,28,32,34-35H,10-11,14-20,22-23H2,1H3. The highest BCUT2D eigenvalue weighted by Crippen LogP contribution is 2.38. The summed E-state index contributed by atoms with van der Waals surface area (Å²) in [7, 11) is 1.72.